The highest BCUT2D eigenvalue weighted by atomic mass is 16.3. The lowest BCUT2D eigenvalue weighted by Gasteiger charge is -2.28. The van der Waals surface area contributed by atoms with Gasteiger partial charge < -0.3 is 13.7 Å². The third kappa shape index (κ3) is 4.61. The molecule has 0 aliphatic carbocycles. The largest absolute Gasteiger partial charge is 0.456 e. The molecule has 0 atom stereocenters. The Labute approximate surface area is 305 Å². The molecule has 3 heteroatoms. The van der Waals surface area contributed by atoms with E-state index < -0.39 is 0 Å². The maximum absolute atomic E-state index is 6.88. The molecule has 11 aromatic rings. The van der Waals surface area contributed by atoms with Crippen molar-refractivity contribution in [3.05, 3.63) is 188 Å². The maximum atomic E-state index is 6.88. The van der Waals surface area contributed by atoms with Crippen molar-refractivity contribution in [1.29, 1.82) is 0 Å². The Kier molecular flexibility index (Phi) is 6.55. The summed E-state index contributed by atoms with van der Waals surface area (Å²) in [6.07, 6.45) is 0. The lowest BCUT2D eigenvalue weighted by atomic mass is 9.97. The quantitative estimate of drug-likeness (QED) is 0.182. The van der Waals surface area contributed by atoms with Gasteiger partial charge in [-0.1, -0.05) is 146 Å². The molecule has 2 heterocycles. The van der Waals surface area contributed by atoms with E-state index in [0.717, 1.165) is 77.5 Å². The van der Waals surface area contributed by atoms with Gasteiger partial charge in [0.15, 0.2) is 0 Å². The molecule has 0 spiro atoms. The summed E-state index contributed by atoms with van der Waals surface area (Å²) in [6.45, 7) is 0. The van der Waals surface area contributed by atoms with Crippen molar-refractivity contribution >= 4 is 82.5 Å². The van der Waals surface area contributed by atoms with Crippen LogP contribution in [0.2, 0.25) is 0 Å². The van der Waals surface area contributed by atoms with Crippen molar-refractivity contribution in [2.75, 3.05) is 4.90 Å². The van der Waals surface area contributed by atoms with Gasteiger partial charge in [0.1, 0.15) is 22.3 Å². The Balaban J connectivity index is 1.16. The zero-order chi connectivity index (χ0) is 34.9. The van der Waals surface area contributed by atoms with Crippen molar-refractivity contribution in [3.8, 4) is 22.3 Å². The molecular formula is C50H31NO2. The number of para-hydroxylation sites is 3. The molecule has 0 saturated heterocycles. The molecule has 0 bridgehead atoms. The van der Waals surface area contributed by atoms with Gasteiger partial charge in [-0.15, -0.1) is 0 Å². The normalized spacial score (nSPS) is 11.8. The number of nitrogens with zero attached hydrogens (tertiary/aromatic N) is 1. The number of anilines is 3. The van der Waals surface area contributed by atoms with Crippen LogP contribution in [0.1, 0.15) is 0 Å². The molecule has 0 aliphatic heterocycles. The number of fused-ring (bicyclic) bond motifs is 9. The Bertz CT molecular complexity index is 3180. The van der Waals surface area contributed by atoms with Crippen molar-refractivity contribution in [1.82, 2.24) is 0 Å². The minimum Gasteiger partial charge on any atom is -0.456 e. The smallest absolute Gasteiger partial charge is 0.143 e. The molecule has 0 saturated carbocycles. The fourth-order valence-corrected chi connectivity index (χ4v) is 8.25. The first-order chi connectivity index (χ1) is 26.3. The van der Waals surface area contributed by atoms with E-state index in [9.17, 15) is 0 Å². The molecule has 248 valence electrons. The van der Waals surface area contributed by atoms with Crippen molar-refractivity contribution in [2.24, 2.45) is 0 Å². The van der Waals surface area contributed by atoms with Gasteiger partial charge in [0, 0.05) is 38.4 Å². The first kappa shape index (κ1) is 29.6. The summed E-state index contributed by atoms with van der Waals surface area (Å²) in [4.78, 5) is 2.38. The summed E-state index contributed by atoms with van der Waals surface area (Å²) in [5.74, 6) is 0. The van der Waals surface area contributed by atoms with Crippen molar-refractivity contribution < 1.29 is 8.83 Å². The van der Waals surface area contributed by atoms with Crippen LogP contribution in [-0.4, -0.2) is 0 Å². The van der Waals surface area contributed by atoms with Crippen LogP contribution in [0, 0.1) is 0 Å². The van der Waals surface area contributed by atoms with Crippen LogP contribution < -0.4 is 4.90 Å². The zero-order valence-corrected chi connectivity index (χ0v) is 28.7. The van der Waals surface area contributed by atoms with Crippen LogP contribution in [0.15, 0.2) is 197 Å². The molecule has 11 rings (SSSR count). The van der Waals surface area contributed by atoms with Gasteiger partial charge in [-0.05, 0) is 69.8 Å². The second-order valence-electron chi connectivity index (χ2n) is 13.6. The third-order valence-electron chi connectivity index (χ3n) is 10.7. The van der Waals surface area contributed by atoms with E-state index in [0.29, 0.717) is 0 Å². The van der Waals surface area contributed by atoms with Crippen LogP contribution in [0.5, 0.6) is 0 Å². The fourth-order valence-electron chi connectivity index (χ4n) is 8.25. The van der Waals surface area contributed by atoms with E-state index in [4.69, 9.17) is 8.83 Å². The highest BCUT2D eigenvalue weighted by Gasteiger charge is 2.24. The third-order valence-corrected chi connectivity index (χ3v) is 10.7. The number of hydrogen-bond donors (Lipinski definition) is 0. The molecule has 0 amide bonds. The van der Waals surface area contributed by atoms with E-state index in [1.807, 2.05) is 12.1 Å². The predicted molar refractivity (Wildman–Crippen MR) is 222 cm³/mol. The van der Waals surface area contributed by atoms with Crippen LogP contribution in [-0.2, 0) is 0 Å². The topological polar surface area (TPSA) is 29.5 Å². The number of benzene rings is 9. The minimum atomic E-state index is 0.852. The summed E-state index contributed by atoms with van der Waals surface area (Å²) >= 11 is 0. The Hall–Kier alpha value is -7.10. The summed E-state index contributed by atoms with van der Waals surface area (Å²) in [5, 5.41) is 9.14. The molecule has 0 radical (unpaired) electrons. The average Bonchev–Trinajstić information content (AvgIpc) is 3.81. The van der Waals surface area contributed by atoms with Gasteiger partial charge in [0.2, 0.25) is 0 Å². The van der Waals surface area contributed by atoms with Gasteiger partial charge >= 0.3 is 0 Å². The van der Waals surface area contributed by atoms with Crippen LogP contribution in [0.25, 0.3) is 87.7 Å². The zero-order valence-electron chi connectivity index (χ0n) is 28.7. The van der Waals surface area contributed by atoms with Crippen LogP contribution in [0.3, 0.4) is 0 Å². The average molecular weight is 678 g/mol. The SMILES string of the molecule is c1ccc(N(c2ccc(-c3cccc4ccccc34)cc2)c2cccc3oc4ccccc4c23)c(-c2cccc3c2oc2c4ccccc4ccc32)c1. The first-order valence-corrected chi connectivity index (χ1v) is 18.0. The van der Waals surface area contributed by atoms with Crippen LogP contribution in [0.4, 0.5) is 17.1 Å². The molecule has 2 aromatic heterocycles. The molecule has 0 fully saturated rings. The Morgan fingerprint density at radius 3 is 1.79 bits per heavy atom. The maximum Gasteiger partial charge on any atom is 0.143 e. The number of rotatable bonds is 5. The van der Waals surface area contributed by atoms with E-state index in [-0.39, 0.29) is 0 Å². The highest BCUT2D eigenvalue weighted by Crippen LogP contribution is 2.48. The lowest BCUT2D eigenvalue weighted by Crippen LogP contribution is -2.11. The van der Waals surface area contributed by atoms with E-state index in [2.05, 4.69) is 181 Å². The highest BCUT2D eigenvalue weighted by molar-refractivity contribution is 6.18. The monoisotopic (exact) mass is 677 g/mol. The second kappa shape index (κ2) is 11.7. The summed E-state index contributed by atoms with van der Waals surface area (Å²) in [5.41, 5.74) is 11.1. The van der Waals surface area contributed by atoms with Crippen molar-refractivity contribution in [3.63, 3.8) is 0 Å². The van der Waals surface area contributed by atoms with E-state index in [1.54, 1.807) is 0 Å². The molecule has 53 heavy (non-hydrogen) atoms. The summed E-state index contributed by atoms with van der Waals surface area (Å²) in [7, 11) is 0. The van der Waals surface area contributed by atoms with Gasteiger partial charge in [0.25, 0.3) is 0 Å². The van der Waals surface area contributed by atoms with E-state index >= 15 is 0 Å². The predicted octanol–water partition coefficient (Wildman–Crippen LogP) is 14.6. The van der Waals surface area contributed by atoms with Gasteiger partial charge in [-0.25, -0.2) is 0 Å². The fraction of sp³-hybridized carbons (Fsp3) is 0. The lowest BCUT2D eigenvalue weighted by molar-refractivity contribution is 0.669. The molecule has 3 nitrogen and oxygen atoms in total. The standard InChI is InChI=1S/C50H31NO2/c1-3-15-36-32(12-1)14-9-19-37(36)34-26-29-35(30-27-34)51(45-23-11-25-47-48(45)43-18-6-8-24-46(43)52-47)44-22-7-5-17-39(44)40-20-10-21-41-42-31-28-33-13-2-4-16-38(33)49(42)53-50(40)41/h1-31H. The first-order valence-electron chi connectivity index (χ1n) is 18.0. The van der Waals surface area contributed by atoms with Gasteiger partial charge in [0.05, 0.1) is 16.8 Å². The van der Waals surface area contributed by atoms with E-state index in [1.165, 1.54) is 27.3 Å². The van der Waals surface area contributed by atoms with Crippen molar-refractivity contribution in [2.45, 2.75) is 0 Å². The number of furan rings is 2. The summed E-state index contributed by atoms with van der Waals surface area (Å²) in [6, 6.07) is 66.7. The van der Waals surface area contributed by atoms with Gasteiger partial charge in [-0.2, -0.15) is 0 Å². The molecular weight excluding hydrogens is 647 g/mol. The minimum absolute atomic E-state index is 0.852. The Morgan fingerprint density at radius 1 is 0.321 bits per heavy atom. The summed E-state index contributed by atoms with van der Waals surface area (Å²) < 4.78 is 13.3. The Morgan fingerprint density at radius 2 is 0.906 bits per heavy atom. The molecule has 9 aromatic carbocycles. The van der Waals surface area contributed by atoms with Gasteiger partial charge in [-0.3, -0.25) is 0 Å². The molecule has 0 N–H and O–H groups in total. The number of hydrogen-bond acceptors (Lipinski definition) is 3. The second-order valence-corrected chi connectivity index (χ2v) is 13.6. The molecule has 0 unspecified atom stereocenters. The van der Waals surface area contributed by atoms with Crippen LogP contribution >= 0.6 is 0 Å². The molecule has 0 aliphatic rings.